The molecule has 8 nitrogen and oxygen atoms in total. The third kappa shape index (κ3) is 5.08. The fraction of sp³-hybridized carbons (Fsp3) is 0.500. The van der Waals surface area contributed by atoms with Crippen LogP contribution in [0.15, 0.2) is 0 Å². The SMILES string of the molecule is CC(=O)OC(=O)C(CC(=O)O)S(=O)(=O)O. The van der Waals surface area contributed by atoms with Crippen LogP contribution in [0.3, 0.4) is 0 Å². The summed E-state index contributed by atoms with van der Waals surface area (Å²) in [6.45, 7) is 0.833. The van der Waals surface area contributed by atoms with E-state index in [0.29, 0.717) is 0 Å². The molecule has 0 radical (unpaired) electrons. The van der Waals surface area contributed by atoms with Crippen molar-refractivity contribution in [2.45, 2.75) is 18.6 Å². The molecule has 0 aliphatic heterocycles. The van der Waals surface area contributed by atoms with E-state index < -0.39 is 39.7 Å². The number of aliphatic carboxylic acids is 1. The van der Waals surface area contributed by atoms with Gasteiger partial charge in [0.15, 0.2) is 5.25 Å². The Kier molecular flexibility index (Phi) is 4.37. The maximum atomic E-state index is 10.9. The molecule has 0 heterocycles. The molecule has 0 aromatic carbocycles. The van der Waals surface area contributed by atoms with E-state index in [1.54, 1.807) is 0 Å². The Labute approximate surface area is 84.6 Å². The highest BCUT2D eigenvalue weighted by Gasteiger charge is 2.35. The third-order valence-corrected chi connectivity index (χ3v) is 2.30. The average molecular weight is 240 g/mol. The maximum absolute atomic E-state index is 10.9. The lowest BCUT2D eigenvalue weighted by atomic mass is 10.3. The van der Waals surface area contributed by atoms with E-state index in [4.69, 9.17) is 9.66 Å². The molecule has 0 spiro atoms. The number of carbonyl (C=O) groups excluding carboxylic acids is 2. The summed E-state index contributed by atoms with van der Waals surface area (Å²) in [7, 11) is -4.91. The molecule has 15 heavy (non-hydrogen) atoms. The zero-order valence-electron chi connectivity index (χ0n) is 7.54. The average Bonchev–Trinajstić information content (AvgIpc) is 1.95. The molecule has 0 aromatic heterocycles. The molecule has 0 bridgehead atoms. The van der Waals surface area contributed by atoms with E-state index >= 15 is 0 Å². The van der Waals surface area contributed by atoms with Gasteiger partial charge >= 0.3 is 17.9 Å². The second kappa shape index (κ2) is 4.84. The van der Waals surface area contributed by atoms with Crippen molar-refractivity contribution in [2.75, 3.05) is 0 Å². The van der Waals surface area contributed by atoms with Crippen LogP contribution in [-0.4, -0.2) is 41.2 Å². The summed E-state index contributed by atoms with van der Waals surface area (Å²) in [6.07, 6.45) is -1.18. The molecule has 2 N–H and O–H groups in total. The van der Waals surface area contributed by atoms with Crippen molar-refractivity contribution in [2.24, 2.45) is 0 Å². The fourth-order valence-corrected chi connectivity index (χ4v) is 1.32. The summed E-state index contributed by atoms with van der Waals surface area (Å²) in [5.41, 5.74) is 0. The minimum Gasteiger partial charge on any atom is -0.481 e. The molecule has 0 aliphatic rings. The van der Waals surface area contributed by atoms with Crippen LogP contribution in [0.2, 0.25) is 0 Å². The first-order valence-electron chi connectivity index (χ1n) is 3.55. The lowest BCUT2D eigenvalue weighted by Crippen LogP contribution is -2.34. The van der Waals surface area contributed by atoms with E-state index in [1.807, 2.05) is 0 Å². The number of carboxylic acid groups (broad SMARTS) is 1. The molecule has 9 heteroatoms. The van der Waals surface area contributed by atoms with Crippen LogP contribution in [0.4, 0.5) is 0 Å². The summed E-state index contributed by atoms with van der Waals surface area (Å²) in [5.74, 6) is -4.34. The number of carbonyl (C=O) groups is 3. The lowest BCUT2D eigenvalue weighted by molar-refractivity contribution is -0.159. The van der Waals surface area contributed by atoms with Gasteiger partial charge in [-0.1, -0.05) is 0 Å². The Balaban J connectivity index is 4.88. The number of hydrogen-bond donors (Lipinski definition) is 2. The number of carboxylic acids is 1. The summed E-state index contributed by atoms with van der Waals surface area (Å²) in [6, 6.07) is 0. The van der Waals surface area contributed by atoms with Crippen molar-refractivity contribution in [3.63, 3.8) is 0 Å². The fourth-order valence-electron chi connectivity index (χ4n) is 0.676. The summed E-state index contributed by atoms with van der Waals surface area (Å²) in [4.78, 5) is 31.4. The smallest absolute Gasteiger partial charge is 0.335 e. The number of hydrogen-bond acceptors (Lipinski definition) is 6. The normalized spacial score (nSPS) is 12.9. The monoisotopic (exact) mass is 240 g/mol. The largest absolute Gasteiger partial charge is 0.481 e. The van der Waals surface area contributed by atoms with Crippen molar-refractivity contribution in [3.05, 3.63) is 0 Å². The number of rotatable bonds is 4. The van der Waals surface area contributed by atoms with E-state index in [-0.39, 0.29) is 0 Å². The van der Waals surface area contributed by atoms with Gasteiger partial charge in [-0.3, -0.25) is 18.9 Å². The predicted molar refractivity (Wildman–Crippen MR) is 44.4 cm³/mol. The van der Waals surface area contributed by atoms with Gasteiger partial charge in [-0.15, -0.1) is 0 Å². The molecule has 0 saturated carbocycles. The van der Waals surface area contributed by atoms with Crippen molar-refractivity contribution in [1.82, 2.24) is 0 Å². The van der Waals surface area contributed by atoms with Gasteiger partial charge in [0.25, 0.3) is 10.1 Å². The Morgan fingerprint density at radius 1 is 1.33 bits per heavy atom. The molecule has 0 rings (SSSR count). The standard InChI is InChI=1S/C6H8O8S/c1-3(7)14-6(10)4(2-5(8)9)15(11,12)13/h4H,2H2,1H3,(H,8,9)(H,11,12,13). The highest BCUT2D eigenvalue weighted by Crippen LogP contribution is 2.07. The molecule has 86 valence electrons. The van der Waals surface area contributed by atoms with Crippen molar-refractivity contribution in [3.8, 4) is 0 Å². The molecule has 0 aliphatic carbocycles. The topological polar surface area (TPSA) is 135 Å². The van der Waals surface area contributed by atoms with Crippen molar-refractivity contribution < 1.29 is 37.2 Å². The highest BCUT2D eigenvalue weighted by atomic mass is 32.2. The summed E-state index contributed by atoms with van der Waals surface area (Å²) >= 11 is 0. The molecule has 1 unspecified atom stereocenters. The predicted octanol–water partition coefficient (Wildman–Crippen LogP) is -1.19. The van der Waals surface area contributed by atoms with Gasteiger partial charge in [0, 0.05) is 6.92 Å². The molecular formula is C6H8O8S. The lowest BCUT2D eigenvalue weighted by Gasteiger charge is -2.08. The highest BCUT2D eigenvalue weighted by molar-refractivity contribution is 7.87. The molecular weight excluding hydrogens is 232 g/mol. The van der Waals surface area contributed by atoms with Crippen LogP contribution in [-0.2, 0) is 29.2 Å². The maximum Gasteiger partial charge on any atom is 0.335 e. The first-order chi connectivity index (χ1) is 6.64. The first-order valence-corrected chi connectivity index (χ1v) is 5.05. The van der Waals surface area contributed by atoms with Gasteiger partial charge in [-0.05, 0) is 0 Å². The Morgan fingerprint density at radius 2 is 1.80 bits per heavy atom. The van der Waals surface area contributed by atoms with Crippen LogP contribution in [0.5, 0.6) is 0 Å². The summed E-state index contributed by atoms with van der Waals surface area (Å²) < 4.78 is 33.5. The van der Waals surface area contributed by atoms with Crippen LogP contribution in [0.1, 0.15) is 13.3 Å². The Morgan fingerprint density at radius 3 is 2.07 bits per heavy atom. The van der Waals surface area contributed by atoms with Crippen LogP contribution in [0, 0.1) is 0 Å². The minimum absolute atomic E-state index is 0.833. The van der Waals surface area contributed by atoms with Gasteiger partial charge in [-0.25, -0.2) is 0 Å². The van der Waals surface area contributed by atoms with Gasteiger partial charge in [-0.2, -0.15) is 8.42 Å². The van der Waals surface area contributed by atoms with Gasteiger partial charge < -0.3 is 9.84 Å². The molecule has 0 fully saturated rings. The van der Waals surface area contributed by atoms with Crippen molar-refractivity contribution >= 4 is 28.0 Å². The van der Waals surface area contributed by atoms with E-state index in [2.05, 4.69) is 4.74 Å². The minimum atomic E-state index is -4.91. The quantitative estimate of drug-likeness (QED) is 0.355. The second-order valence-corrected chi connectivity index (χ2v) is 4.11. The second-order valence-electron chi connectivity index (χ2n) is 2.51. The zero-order valence-corrected chi connectivity index (χ0v) is 8.35. The van der Waals surface area contributed by atoms with Crippen LogP contribution >= 0.6 is 0 Å². The Hall–Kier alpha value is -1.48. The van der Waals surface area contributed by atoms with E-state index in [0.717, 1.165) is 6.92 Å². The number of ether oxygens (including phenoxy) is 1. The van der Waals surface area contributed by atoms with Crippen LogP contribution < -0.4 is 0 Å². The van der Waals surface area contributed by atoms with Gasteiger partial charge in [0.2, 0.25) is 0 Å². The van der Waals surface area contributed by atoms with Crippen molar-refractivity contribution in [1.29, 1.82) is 0 Å². The Bertz CT molecular complexity index is 380. The molecule has 1 atom stereocenters. The van der Waals surface area contributed by atoms with Crippen LogP contribution in [0.25, 0.3) is 0 Å². The molecule has 0 aromatic rings. The van der Waals surface area contributed by atoms with Gasteiger partial charge in [0.1, 0.15) is 0 Å². The number of esters is 2. The summed E-state index contributed by atoms with van der Waals surface area (Å²) in [5, 5.41) is 5.97. The molecule has 0 saturated heterocycles. The van der Waals surface area contributed by atoms with Gasteiger partial charge in [0.05, 0.1) is 6.42 Å². The third-order valence-electron chi connectivity index (χ3n) is 1.23. The van der Waals surface area contributed by atoms with E-state index in [1.165, 1.54) is 0 Å². The molecule has 0 amide bonds. The van der Waals surface area contributed by atoms with E-state index in [9.17, 15) is 22.8 Å². The zero-order chi connectivity index (χ0) is 12.2. The first kappa shape index (κ1) is 13.5.